The molecule has 2 rings (SSSR count). The van der Waals surface area contributed by atoms with Gasteiger partial charge in [0.25, 0.3) is 11.8 Å². The van der Waals surface area contributed by atoms with E-state index in [4.69, 9.17) is 4.74 Å². The van der Waals surface area contributed by atoms with Crippen molar-refractivity contribution in [3.8, 4) is 0 Å². The third-order valence-corrected chi connectivity index (χ3v) is 5.08. The number of carbonyl (C=O) groups is 3. The first-order chi connectivity index (χ1) is 12.9. The summed E-state index contributed by atoms with van der Waals surface area (Å²) in [5.41, 5.74) is 2.17. The fourth-order valence-corrected chi connectivity index (χ4v) is 3.65. The molecule has 0 atom stereocenters. The number of benzene rings is 1. The Kier molecular flexibility index (Phi) is 7.12. The second kappa shape index (κ2) is 9.32. The molecule has 0 aliphatic carbocycles. The summed E-state index contributed by atoms with van der Waals surface area (Å²) in [5.74, 6) is -1.16. The van der Waals surface area contributed by atoms with Crippen molar-refractivity contribution >= 4 is 34.1 Å². The summed E-state index contributed by atoms with van der Waals surface area (Å²) >= 11 is 1.08. The number of hydrogen-bond donors (Lipinski definition) is 2. The third-order valence-electron chi connectivity index (χ3n) is 3.88. The Bertz CT molecular complexity index is 858. The zero-order valence-electron chi connectivity index (χ0n) is 16.0. The first-order valence-corrected chi connectivity index (χ1v) is 9.67. The molecule has 27 heavy (non-hydrogen) atoms. The lowest BCUT2D eigenvalue weighted by Gasteiger charge is -2.07. The number of ether oxygens (including phenoxy) is 1. The van der Waals surface area contributed by atoms with Gasteiger partial charge in [-0.05, 0) is 44.9 Å². The van der Waals surface area contributed by atoms with Gasteiger partial charge >= 0.3 is 5.97 Å². The van der Waals surface area contributed by atoms with E-state index in [1.807, 2.05) is 19.9 Å². The summed E-state index contributed by atoms with van der Waals surface area (Å²) in [6.07, 6.45) is 0.803. The molecule has 0 radical (unpaired) electrons. The van der Waals surface area contributed by atoms with Crippen molar-refractivity contribution in [2.45, 2.75) is 34.1 Å². The van der Waals surface area contributed by atoms with Gasteiger partial charge in [-0.3, -0.25) is 9.59 Å². The average molecular weight is 388 g/mol. The van der Waals surface area contributed by atoms with Crippen LogP contribution < -0.4 is 10.6 Å². The lowest BCUT2D eigenvalue weighted by Crippen LogP contribution is -2.23. The Balaban J connectivity index is 2.39. The number of aryl methyl sites for hydroxylation is 1. The molecule has 0 fully saturated rings. The fraction of sp³-hybridized carbons (Fsp3) is 0.350. The molecular weight excluding hydrogens is 364 g/mol. The molecule has 7 heteroatoms. The molecule has 0 saturated heterocycles. The Labute approximate surface area is 162 Å². The van der Waals surface area contributed by atoms with E-state index >= 15 is 0 Å². The van der Waals surface area contributed by atoms with Gasteiger partial charge in [0.05, 0.1) is 17.0 Å². The summed E-state index contributed by atoms with van der Waals surface area (Å²) in [6.45, 7) is 7.99. The van der Waals surface area contributed by atoms with Crippen LogP contribution in [0.25, 0.3) is 0 Å². The fourth-order valence-electron chi connectivity index (χ4n) is 2.55. The second-order valence-corrected chi connectivity index (χ2v) is 7.08. The van der Waals surface area contributed by atoms with Gasteiger partial charge in [0.15, 0.2) is 0 Å². The Hall–Kier alpha value is -2.67. The highest BCUT2D eigenvalue weighted by atomic mass is 32.1. The third kappa shape index (κ3) is 4.95. The van der Waals surface area contributed by atoms with Gasteiger partial charge in [0.1, 0.15) is 5.00 Å². The van der Waals surface area contributed by atoms with Crippen LogP contribution in [0.15, 0.2) is 24.3 Å². The molecule has 0 unspecified atom stereocenters. The first kappa shape index (κ1) is 20.6. The standard InChI is InChI=1S/C20H24N2O4S/c1-5-10-21-18(24)16-13(4)15(20(25)26-6-2)19(27-16)22-17(23)14-9-7-8-12(3)11-14/h7-9,11H,5-6,10H2,1-4H3,(H,21,24)(H,22,23). The molecule has 1 heterocycles. The SMILES string of the molecule is CCCNC(=O)c1sc(NC(=O)c2cccc(C)c2)c(C(=O)OCC)c1C. The molecule has 144 valence electrons. The van der Waals surface area contributed by atoms with Gasteiger partial charge in [0, 0.05) is 12.1 Å². The normalized spacial score (nSPS) is 10.4. The quantitative estimate of drug-likeness (QED) is 0.704. The monoisotopic (exact) mass is 388 g/mol. The molecule has 2 aromatic rings. The van der Waals surface area contributed by atoms with E-state index in [1.165, 1.54) is 0 Å². The van der Waals surface area contributed by atoms with Crippen molar-refractivity contribution in [2.75, 3.05) is 18.5 Å². The van der Waals surface area contributed by atoms with Crippen molar-refractivity contribution in [2.24, 2.45) is 0 Å². The van der Waals surface area contributed by atoms with E-state index in [9.17, 15) is 14.4 Å². The van der Waals surface area contributed by atoms with Gasteiger partial charge in [-0.15, -0.1) is 11.3 Å². The Morgan fingerprint density at radius 2 is 1.85 bits per heavy atom. The van der Waals surface area contributed by atoms with Gasteiger partial charge in [-0.2, -0.15) is 0 Å². The maximum Gasteiger partial charge on any atom is 0.341 e. The number of hydrogen-bond acceptors (Lipinski definition) is 5. The highest BCUT2D eigenvalue weighted by Crippen LogP contribution is 2.34. The molecule has 0 aliphatic heterocycles. The number of nitrogens with one attached hydrogen (secondary N) is 2. The largest absolute Gasteiger partial charge is 0.462 e. The molecule has 0 aliphatic rings. The maximum absolute atomic E-state index is 12.6. The van der Waals surface area contributed by atoms with E-state index in [0.29, 0.717) is 27.5 Å². The van der Waals surface area contributed by atoms with Crippen LogP contribution >= 0.6 is 11.3 Å². The van der Waals surface area contributed by atoms with Crippen LogP contribution in [0, 0.1) is 13.8 Å². The number of esters is 1. The molecule has 1 aromatic carbocycles. The van der Waals surface area contributed by atoms with Gasteiger partial charge in [-0.1, -0.05) is 24.6 Å². The summed E-state index contributed by atoms with van der Waals surface area (Å²) < 4.78 is 5.11. The second-order valence-electron chi connectivity index (χ2n) is 6.06. The van der Waals surface area contributed by atoms with Crippen LogP contribution in [0.3, 0.4) is 0 Å². The lowest BCUT2D eigenvalue weighted by molar-refractivity contribution is 0.0527. The minimum Gasteiger partial charge on any atom is -0.462 e. The van der Waals surface area contributed by atoms with Crippen molar-refractivity contribution in [3.63, 3.8) is 0 Å². The molecule has 6 nitrogen and oxygen atoms in total. The highest BCUT2D eigenvalue weighted by molar-refractivity contribution is 7.18. The summed E-state index contributed by atoms with van der Waals surface area (Å²) in [5, 5.41) is 5.88. The number of thiophene rings is 1. The smallest absolute Gasteiger partial charge is 0.341 e. The maximum atomic E-state index is 12.6. The molecular formula is C20H24N2O4S. The van der Waals surface area contributed by atoms with Crippen molar-refractivity contribution in [1.82, 2.24) is 5.32 Å². The number of anilines is 1. The van der Waals surface area contributed by atoms with Crippen LogP contribution in [0.5, 0.6) is 0 Å². The average Bonchev–Trinajstić information content (AvgIpc) is 2.96. The van der Waals surface area contributed by atoms with Crippen LogP contribution in [0.2, 0.25) is 0 Å². The zero-order valence-corrected chi connectivity index (χ0v) is 16.8. The predicted octanol–water partition coefficient (Wildman–Crippen LogP) is 3.93. The van der Waals surface area contributed by atoms with E-state index in [-0.39, 0.29) is 24.0 Å². The Morgan fingerprint density at radius 3 is 2.48 bits per heavy atom. The molecule has 0 spiro atoms. The van der Waals surface area contributed by atoms with Crippen LogP contribution in [0.4, 0.5) is 5.00 Å². The van der Waals surface area contributed by atoms with E-state index in [1.54, 1.807) is 32.0 Å². The van der Waals surface area contributed by atoms with Crippen LogP contribution in [-0.4, -0.2) is 30.9 Å². The molecule has 0 bridgehead atoms. The zero-order chi connectivity index (χ0) is 20.0. The summed E-state index contributed by atoms with van der Waals surface area (Å²) in [6, 6.07) is 7.14. The van der Waals surface area contributed by atoms with Crippen LogP contribution in [-0.2, 0) is 4.74 Å². The van der Waals surface area contributed by atoms with Gasteiger partial charge in [0.2, 0.25) is 0 Å². The Morgan fingerprint density at radius 1 is 1.11 bits per heavy atom. The lowest BCUT2D eigenvalue weighted by atomic mass is 10.1. The van der Waals surface area contributed by atoms with E-state index < -0.39 is 5.97 Å². The molecule has 1 aromatic heterocycles. The van der Waals surface area contributed by atoms with Crippen molar-refractivity contribution in [3.05, 3.63) is 51.4 Å². The van der Waals surface area contributed by atoms with Crippen LogP contribution in [0.1, 0.15) is 61.8 Å². The number of rotatable bonds is 7. The molecule has 0 saturated carbocycles. The van der Waals surface area contributed by atoms with Crippen molar-refractivity contribution in [1.29, 1.82) is 0 Å². The number of carbonyl (C=O) groups excluding carboxylic acids is 3. The van der Waals surface area contributed by atoms with Gasteiger partial charge in [-0.25, -0.2) is 4.79 Å². The minimum atomic E-state index is -0.555. The number of amides is 2. The van der Waals surface area contributed by atoms with Gasteiger partial charge < -0.3 is 15.4 Å². The molecule has 2 N–H and O–H groups in total. The highest BCUT2D eigenvalue weighted by Gasteiger charge is 2.26. The summed E-state index contributed by atoms with van der Waals surface area (Å²) in [4.78, 5) is 37.8. The first-order valence-electron chi connectivity index (χ1n) is 8.85. The van der Waals surface area contributed by atoms with E-state index in [2.05, 4.69) is 10.6 Å². The topological polar surface area (TPSA) is 84.5 Å². The predicted molar refractivity (Wildman–Crippen MR) is 107 cm³/mol. The molecule has 2 amide bonds. The van der Waals surface area contributed by atoms with E-state index in [0.717, 1.165) is 23.3 Å². The van der Waals surface area contributed by atoms with Crippen molar-refractivity contribution < 1.29 is 19.1 Å². The summed E-state index contributed by atoms with van der Waals surface area (Å²) in [7, 11) is 0. The minimum absolute atomic E-state index is 0.205.